The Morgan fingerprint density at radius 1 is 1.40 bits per heavy atom. The Balaban J connectivity index is 2.32. The molecule has 0 saturated heterocycles. The monoisotopic (exact) mass is 277 g/mol. The number of aromatic nitrogens is 2. The third kappa shape index (κ3) is 2.91. The molecule has 0 bridgehead atoms. The molecule has 0 amide bonds. The predicted molar refractivity (Wildman–Crippen MR) is 75.0 cm³/mol. The van der Waals surface area contributed by atoms with Crippen molar-refractivity contribution in [3.63, 3.8) is 0 Å². The molecule has 1 aromatic carbocycles. The van der Waals surface area contributed by atoms with E-state index in [0.29, 0.717) is 23.7 Å². The first-order valence-electron chi connectivity index (χ1n) is 6.57. The normalized spacial score (nSPS) is 12.8. The summed E-state index contributed by atoms with van der Waals surface area (Å²) in [6, 6.07) is 4.76. The molecule has 0 fully saturated rings. The highest BCUT2D eigenvalue weighted by molar-refractivity contribution is 5.66. The SMILES string of the molecule is CCOC(c1noc(-c2ccc(N)cc2O)n1)C(C)C. The summed E-state index contributed by atoms with van der Waals surface area (Å²) in [5, 5.41) is 13.8. The summed E-state index contributed by atoms with van der Waals surface area (Å²) in [4.78, 5) is 4.31. The van der Waals surface area contributed by atoms with Crippen LogP contribution in [0.3, 0.4) is 0 Å². The molecule has 0 saturated carbocycles. The van der Waals surface area contributed by atoms with E-state index >= 15 is 0 Å². The first-order chi connectivity index (χ1) is 9.52. The fourth-order valence-electron chi connectivity index (χ4n) is 1.93. The Hall–Kier alpha value is -2.08. The van der Waals surface area contributed by atoms with Gasteiger partial charge in [-0.25, -0.2) is 0 Å². The molecule has 6 nitrogen and oxygen atoms in total. The van der Waals surface area contributed by atoms with Crippen molar-refractivity contribution in [2.75, 3.05) is 12.3 Å². The molecular formula is C14H19N3O3. The fourth-order valence-corrected chi connectivity index (χ4v) is 1.93. The molecule has 1 heterocycles. The van der Waals surface area contributed by atoms with Gasteiger partial charge in [0, 0.05) is 18.4 Å². The van der Waals surface area contributed by atoms with Crippen LogP contribution >= 0.6 is 0 Å². The van der Waals surface area contributed by atoms with Crippen LogP contribution in [0.1, 0.15) is 32.7 Å². The second-order valence-electron chi connectivity index (χ2n) is 4.85. The number of nitrogen functional groups attached to an aromatic ring is 1. The van der Waals surface area contributed by atoms with Crippen molar-refractivity contribution in [2.24, 2.45) is 5.92 Å². The zero-order chi connectivity index (χ0) is 14.7. The van der Waals surface area contributed by atoms with Gasteiger partial charge < -0.3 is 20.1 Å². The highest BCUT2D eigenvalue weighted by Crippen LogP contribution is 2.31. The zero-order valence-electron chi connectivity index (χ0n) is 11.8. The van der Waals surface area contributed by atoms with Crippen molar-refractivity contribution in [3.8, 4) is 17.2 Å². The summed E-state index contributed by atoms with van der Waals surface area (Å²) in [5.74, 6) is 0.967. The van der Waals surface area contributed by atoms with Gasteiger partial charge in [0.25, 0.3) is 5.89 Å². The Bertz CT molecular complexity index is 581. The lowest BCUT2D eigenvalue weighted by molar-refractivity contribution is 0.0217. The van der Waals surface area contributed by atoms with E-state index in [2.05, 4.69) is 10.1 Å². The van der Waals surface area contributed by atoms with E-state index in [1.807, 2.05) is 20.8 Å². The highest BCUT2D eigenvalue weighted by atomic mass is 16.5. The number of hydrogen-bond donors (Lipinski definition) is 2. The van der Waals surface area contributed by atoms with Crippen molar-refractivity contribution in [3.05, 3.63) is 24.0 Å². The first-order valence-corrected chi connectivity index (χ1v) is 6.57. The minimum atomic E-state index is -0.228. The molecule has 1 atom stereocenters. The summed E-state index contributed by atoms with van der Waals surface area (Å²) < 4.78 is 10.8. The number of rotatable bonds is 5. The van der Waals surface area contributed by atoms with Crippen LogP contribution in [0.15, 0.2) is 22.7 Å². The van der Waals surface area contributed by atoms with Crippen LogP contribution in [0.4, 0.5) is 5.69 Å². The van der Waals surface area contributed by atoms with Gasteiger partial charge in [-0.1, -0.05) is 19.0 Å². The van der Waals surface area contributed by atoms with Crippen LogP contribution in [0.2, 0.25) is 0 Å². The lowest BCUT2D eigenvalue weighted by Gasteiger charge is -2.16. The molecule has 3 N–H and O–H groups in total. The Morgan fingerprint density at radius 3 is 2.75 bits per heavy atom. The van der Waals surface area contributed by atoms with Gasteiger partial charge in [-0.15, -0.1) is 0 Å². The van der Waals surface area contributed by atoms with Gasteiger partial charge in [0.2, 0.25) is 5.82 Å². The smallest absolute Gasteiger partial charge is 0.261 e. The number of phenols is 1. The maximum absolute atomic E-state index is 9.87. The van der Waals surface area contributed by atoms with E-state index in [9.17, 15) is 5.11 Å². The van der Waals surface area contributed by atoms with Crippen LogP contribution in [-0.2, 0) is 4.74 Å². The second-order valence-corrected chi connectivity index (χ2v) is 4.85. The van der Waals surface area contributed by atoms with E-state index in [4.69, 9.17) is 15.0 Å². The molecule has 1 unspecified atom stereocenters. The van der Waals surface area contributed by atoms with Gasteiger partial charge in [-0.2, -0.15) is 4.98 Å². The molecule has 2 rings (SSSR count). The molecular weight excluding hydrogens is 258 g/mol. The largest absolute Gasteiger partial charge is 0.507 e. The van der Waals surface area contributed by atoms with Crippen LogP contribution in [0, 0.1) is 5.92 Å². The lowest BCUT2D eigenvalue weighted by atomic mass is 10.1. The van der Waals surface area contributed by atoms with Gasteiger partial charge >= 0.3 is 0 Å². The van der Waals surface area contributed by atoms with Gasteiger partial charge in [0.05, 0.1) is 5.56 Å². The maximum atomic E-state index is 9.87. The number of benzene rings is 1. The number of anilines is 1. The summed E-state index contributed by atoms with van der Waals surface area (Å²) in [5.41, 5.74) is 6.52. The third-order valence-electron chi connectivity index (χ3n) is 2.90. The quantitative estimate of drug-likeness (QED) is 0.816. The molecule has 0 radical (unpaired) electrons. The molecule has 0 aliphatic rings. The molecule has 1 aromatic heterocycles. The van der Waals surface area contributed by atoms with Crippen molar-refractivity contribution in [1.82, 2.24) is 10.1 Å². The molecule has 6 heteroatoms. The van der Waals surface area contributed by atoms with Crippen LogP contribution in [0.25, 0.3) is 11.5 Å². The van der Waals surface area contributed by atoms with Gasteiger partial charge in [-0.05, 0) is 25.0 Å². The number of nitrogens with zero attached hydrogens (tertiary/aromatic N) is 2. The highest BCUT2D eigenvalue weighted by Gasteiger charge is 2.23. The summed E-state index contributed by atoms with van der Waals surface area (Å²) in [6.45, 7) is 6.54. The van der Waals surface area contributed by atoms with Crippen molar-refractivity contribution < 1.29 is 14.4 Å². The molecule has 0 aliphatic heterocycles. The van der Waals surface area contributed by atoms with Crippen LogP contribution in [0.5, 0.6) is 5.75 Å². The molecule has 2 aromatic rings. The standard InChI is InChI=1S/C14H19N3O3/c1-4-19-12(8(2)3)13-16-14(20-17-13)10-6-5-9(15)7-11(10)18/h5-8,12,18H,4,15H2,1-3H3. The van der Waals surface area contributed by atoms with Crippen molar-refractivity contribution in [2.45, 2.75) is 26.9 Å². The van der Waals surface area contributed by atoms with E-state index in [1.165, 1.54) is 6.07 Å². The molecule has 0 aliphatic carbocycles. The van der Waals surface area contributed by atoms with Gasteiger partial charge in [0.1, 0.15) is 11.9 Å². The minimum absolute atomic E-state index is 0.0118. The number of ether oxygens (including phenoxy) is 1. The zero-order valence-corrected chi connectivity index (χ0v) is 11.8. The third-order valence-corrected chi connectivity index (χ3v) is 2.90. The topological polar surface area (TPSA) is 94.4 Å². The number of phenolic OH excluding ortho intramolecular Hbond substituents is 1. The number of nitrogens with two attached hydrogens (primary N) is 1. The lowest BCUT2D eigenvalue weighted by Crippen LogP contribution is -2.12. The average molecular weight is 277 g/mol. The van der Waals surface area contributed by atoms with Crippen molar-refractivity contribution in [1.29, 1.82) is 0 Å². The van der Waals surface area contributed by atoms with Crippen molar-refractivity contribution >= 4 is 5.69 Å². The fraction of sp³-hybridized carbons (Fsp3) is 0.429. The van der Waals surface area contributed by atoms with Gasteiger partial charge in [0.15, 0.2) is 0 Å². The van der Waals surface area contributed by atoms with E-state index < -0.39 is 0 Å². The summed E-state index contributed by atoms with van der Waals surface area (Å²) >= 11 is 0. The molecule has 108 valence electrons. The van der Waals surface area contributed by atoms with E-state index in [0.717, 1.165) is 0 Å². The minimum Gasteiger partial charge on any atom is -0.507 e. The van der Waals surface area contributed by atoms with E-state index in [1.54, 1.807) is 12.1 Å². The predicted octanol–water partition coefficient (Wildman–Crippen LogP) is 2.76. The maximum Gasteiger partial charge on any atom is 0.261 e. The van der Waals surface area contributed by atoms with E-state index in [-0.39, 0.29) is 23.7 Å². The Kier molecular flexibility index (Phi) is 4.24. The Morgan fingerprint density at radius 2 is 2.15 bits per heavy atom. The second kappa shape index (κ2) is 5.92. The first kappa shape index (κ1) is 14.3. The van der Waals surface area contributed by atoms with Crippen LogP contribution < -0.4 is 5.73 Å². The molecule has 0 spiro atoms. The number of hydrogen-bond acceptors (Lipinski definition) is 6. The Labute approximate surface area is 117 Å². The number of aromatic hydroxyl groups is 1. The van der Waals surface area contributed by atoms with Crippen LogP contribution in [-0.4, -0.2) is 21.9 Å². The summed E-state index contributed by atoms with van der Waals surface area (Å²) in [7, 11) is 0. The molecule has 20 heavy (non-hydrogen) atoms. The van der Waals surface area contributed by atoms with Gasteiger partial charge in [-0.3, -0.25) is 0 Å². The average Bonchev–Trinajstić information content (AvgIpc) is 2.84. The summed E-state index contributed by atoms with van der Waals surface area (Å²) in [6.07, 6.45) is -0.228.